The standard InChI is InChI=1S/C19H20F2N4O3/c1-11-8-12(2-5-15(11)28-10-16(20)21)9-23-18(27)14-6-7-22-19(24-14)25-17(26)13-3-4-13/h2,5-8,13,16H,3-4,9-10H2,1H3,(H,23,27)(H,22,24,25,26). The number of hydrogen-bond donors (Lipinski definition) is 2. The molecule has 2 aromatic rings. The van der Waals surface area contributed by atoms with Crippen molar-refractivity contribution in [3.63, 3.8) is 0 Å². The zero-order valence-electron chi connectivity index (χ0n) is 15.2. The maximum atomic E-state index is 12.3. The smallest absolute Gasteiger partial charge is 0.272 e. The number of rotatable bonds is 8. The van der Waals surface area contributed by atoms with E-state index in [9.17, 15) is 18.4 Å². The molecule has 0 bridgehead atoms. The maximum Gasteiger partial charge on any atom is 0.272 e. The Morgan fingerprint density at radius 2 is 2.07 bits per heavy atom. The topological polar surface area (TPSA) is 93.2 Å². The predicted octanol–water partition coefficient (Wildman–Crippen LogP) is 2.71. The summed E-state index contributed by atoms with van der Waals surface area (Å²) < 4.78 is 29.5. The number of benzene rings is 1. The lowest BCUT2D eigenvalue weighted by molar-refractivity contribution is -0.117. The molecule has 0 spiro atoms. The molecule has 1 aromatic heterocycles. The summed E-state index contributed by atoms with van der Waals surface area (Å²) in [6, 6.07) is 6.49. The molecule has 1 aromatic carbocycles. The van der Waals surface area contributed by atoms with Crippen LogP contribution in [0, 0.1) is 12.8 Å². The number of carbonyl (C=O) groups is 2. The highest BCUT2D eigenvalue weighted by atomic mass is 19.3. The van der Waals surface area contributed by atoms with Crippen molar-refractivity contribution in [3.05, 3.63) is 47.3 Å². The van der Waals surface area contributed by atoms with Crippen molar-refractivity contribution in [3.8, 4) is 5.75 Å². The van der Waals surface area contributed by atoms with Gasteiger partial charge >= 0.3 is 0 Å². The summed E-state index contributed by atoms with van der Waals surface area (Å²) >= 11 is 0. The molecule has 0 unspecified atom stereocenters. The van der Waals surface area contributed by atoms with E-state index in [2.05, 4.69) is 20.6 Å². The minimum absolute atomic E-state index is 0.0111. The molecule has 1 aliphatic rings. The Kier molecular flexibility index (Phi) is 6.13. The maximum absolute atomic E-state index is 12.3. The van der Waals surface area contributed by atoms with Crippen molar-refractivity contribution in [2.45, 2.75) is 32.7 Å². The number of carbonyl (C=O) groups excluding carboxylic acids is 2. The monoisotopic (exact) mass is 390 g/mol. The minimum Gasteiger partial charge on any atom is -0.487 e. The van der Waals surface area contributed by atoms with Gasteiger partial charge in [-0.25, -0.2) is 18.7 Å². The number of alkyl halides is 2. The molecule has 28 heavy (non-hydrogen) atoms. The summed E-state index contributed by atoms with van der Waals surface area (Å²) in [6.45, 7) is 1.30. The first-order chi connectivity index (χ1) is 13.4. The van der Waals surface area contributed by atoms with Gasteiger partial charge in [-0.3, -0.25) is 14.9 Å². The predicted molar refractivity (Wildman–Crippen MR) is 97.2 cm³/mol. The molecule has 1 heterocycles. The molecule has 0 aliphatic heterocycles. The number of nitrogens with zero attached hydrogens (tertiary/aromatic N) is 2. The fraction of sp³-hybridized carbons (Fsp3) is 0.368. The van der Waals surface area contributed by atoms with Gasteiger partial charge in [-0.1, -0.05) is 12.1 Å². The van der Waals surface area contributed by atoms with Crippen LogP contribution in [0.15, 0.2) is 30.5 Å². The number of halogens is 2. The first kappa shape index (κ1) is 19.7. The third-order valence-electron chi connectivity index (χ3n) is 4.13. The quantitative estimate of drug-likeness (QED) is 0.723. The normalized spacial score (nSPS) is 13.3. The van der Waals surface area contributed by atoms with Crippen LogP contribution in [0.1, 0.15) is 34.5 Å². The van der Waals surface area contributed by atoms with Crippen LogP contribution < -0.4 is 15.4 Å². The van der Waals surface area contributed by atoms with E-state index in [1.807, 2.05) is 0 Å². The fourth-order valence-electron chi connectivity index (χ4n) is 2.51. The molecule has 9 heteroatoms. The van der Waals surface area contributed by atoms with Gasteiger partial charge in [0.05, 0.1) is 0 Å². The summed E-state index contributed by atoms with van der Waals surface area (Å²) in [4.78, 5) is 32.1. The minimum atomic E-state index is -2.54. The Morgan fingerprint density at radius 1 is 1.29 bits per heavy atom. The summed E-state index contributed by atoms with van der Waals surface area (Å²) in [5, 5.41) is 5.32. The van der Waals surface area contributed by atoms with Crippen LogP contribution in [-0.2, 0) is 11.3 Å². The number of hydrogen-bond acceptors (Lipinski definition) is 5. The third kappa shape index (κ3) is 5.45. The van der Waals surface area contributed by atoms with Gasteiger partial charge in [0.2, 0.25) is 11.9 Å². The van der Waals surface area contributed by atoms with Gasteiger partial charge in [0, 0.05) is 18.7 Å². The lowest BCUT2D eigenvalue weighted by Gasteiger charge is -2.11. The van der Waals surface area contributed by atoms with Crippen molar-refractivity contribution in [1.29, 1.82) is 0 Å². The molecule has 2 amide bonds. The molecule has 1 aliphatic carbocycles. The molecule has 1 saturated carbocycles. The van der Waals surface area contributed by atoms with Crippen molar-refractivity contribution in [2.24, 2.45) is 5.92 Å². The Morgan fingerprint density at radius 3 is 2.75 bits per heavy atom. The third-order valence-corrected chi connectivity index (χ3v) is 4.13. The van der Waals surface area contributed by atoms with E-state index in [4.69, 9.17) is 4.74 Å². The average Bonchev–Trinajstić information content (AvgIpc) is 3.50. The number of aromatic nitrogens is 2. The van der Waals surface area contributed by atoms with E-state index in [-0.39, 0.29) is 30.0 Å². The molecule has 0 saturated heterocycles. The Hall–Kier alpha value is -3.10. The van der Waals surface area contributed by atoms with Crippen LogP contribution in [0.2, 0.25) is 0 Å². The van der Waals surface area contributed by atoms with E-state index < -0.39 is 18.9 Å². The van der Waals surface area contributed by atoms with Crippen molar-refractivity contribution in [2.75, 3.05) is 11.9 Å². The molecule has 148 valence electrons. The van der Waals surface area contributed by atoms with Gasteiger partial charge in [0.1, 0.15) is 18.1 Å². The molecule has 0 atom stereocenters. The summed E-state index contributed by atoms with van der Waals surface area (Å²) in [6.07, 6.45) is 0.587. The van der Waals surface area contributed by atoms with Crippen LogP contribution in [0.4, 0.5) is 14.7 Å². The zero-order chi connectivity index (χ0) is 20.1. The second-order valence-corrected chi connectivity index (χ2v) is 6.51. The van der Waals surface area contributed by atoms with Crippen LogP contribution in [0.3, 0.4) is 0 Å². The molecule has 3 rings (SSSR count). The van der Waals surface area contributed by atoms with E-state index in [0.717, 1.165) is 18.4 Å². The molecule has 2 N–H and O–H groups in total. The Balaban J connectivity index is 1.56. The SMILES string of the molecule is Cc1cc(CNC(=O)c2ccnc(NC(=O)C3CC3)n2)ccc1OCC(F)F. The molecule has 7 nitrogen and oxygen atoms in total. The largest absolute Gasteiger partial charge is 0.487 e. The number of aryl methyl sites for hydroxylation is 1. The molecular formula is C19H20F2N4O3. The number of amides is 2. The van der Waals surface area contributed by atoms with E-state index in [0.29, 0.717) is 11.3 Å². The number of anilines is 1. The van der Waals surface area contributed by atoms with Gasteiger partial charge in [0.15, 0.2) is 0 Å². The Bertz CT molecular complexity index is 872. The highest BCUT2D eigenvalue weighted by Gasteiger charge is 2.30. The summed E-state index contributed by atoms with van der Waals surface area (Å²) in [5.74, 6) is -0.0673. The Labute approximate surface area is 160 Å². The van der Waals surface area contributed by atoms with Crippen molar-refractivity contribution in [1.82, 2.24) is 15.3 Å². The molecule has 1 fully saturated rings. The number of nitrogens with one attached hydrogen (secondary N) is 2. The highest BCUT2D eigenvalue weighted by Crippen LogP contribution is 2.29. The number of ether oxygens (including phenoxy) is 1. The van der Waals surface area contributed by atoms with Crippen molar-refractivity contribution < 1.29 is 23.1 Å². The summed E-state index contributed by atoms with van der Waals surface area (Å²) in [5.41, 5.74) is 1.61. The highest BCUT2D eigenvalue weighted by molar-refractivity contribution is 5.94. The molecule has 0 radical (unpaired) electrons. The lowest BCUT2D eigenvalue weighted by Crippen LogP contribution is -2.25. The van der Waals surface area contributed by atoms with E-state index in [1.54, 1.807) is 25.1 Å². The zero-order valence-corrected chi connectivity index (χ0v) is 15.2. The van der Waals surface area contributed by atoms with Gasteiger partial charge in [-0.2, -0.15) is 0 Å². The van der Waals surface area contributed by atoms with Crippen LogP contribution in [0.25, 0.3) is 0 Å². The van der Waals surface area contributed by atoms with Gasteiger partial charge in [-0.15, -0.1) is 0 Å². The van der Waals surface area contributed by atoms with Crippen LogP contribution in [-0.4, -0.2) is 34.8 Å². The molecular weight excluding hydrogens is 370 g/mol. The van der Waals surface area contributed by atoms with Crippen LogP contribution in [0.5, 0.6) is 5.75 Å². The van der Waals surface area contributed by atoms with Crippen LogP contribution >= 0.6 is 0 Å². The van der Waals surface area contributed by atoms with E-state index in [1.165, 1.54) is 12.3 Å². The van der Waals surface area contributed by atoms with Gasteiger partial charge in [-0.05, 0) is 43.0 Å². The summed E-state index contributed by atoms with van der Waals surface area (Å²) in [7, 11) is 0. The second-order valence-electron chi connectivity index (χ2n) is 6.51. The lowest BCUT2D eigenvalue weighted by atomic mass is 10.1. The first-order valence-electron chi connectivity index (χ1n) is 8.85. The van der Waals surface area contributed by atoms with E-state index >= 15 is 0 Å². The first-order valence-corrected chi connectivity index (χ1v) is 8.85. The second kappa shape index (κ2) is 8.73. The van der Waals surface area contributed by atoms with Gasteiger partial charge in [0.25, 0.3) is 12.3 Å². The van der Waals surface area contributed by atoms with Gasteiger partial charge < -0.3 is 10.1 Å². The van der Waals surface area contributed by atoms with Crippen molar-refractivity contribution >= 4 is 17.8 Å². The fourth-order valence-corrected chi connectivity index (χ4v) is 2.51. The average molecular weight is 390 g/mol.